The van der Waals surface area contributed by atoms with Crippen LogP contribution in [0.4, 0.5) is 0 Å². The minimum atomic E-state index is 0.758. The number of likely N-dealkylation sites (N-methyl/N-ethyl adjacent to an activating group) is 1. The van der Waals surface area contributed by atoms with Crippen molar-refractivity contribution in [1.82, 2.24) is 14.8 Å². The fourth-order valence-electron chi connectivity index (χ4n) is 2.59. The molecule has 1 aromatic heterocycles. The quantitative estimate of drug-likeness (QED) is 0.815. The Morgan fingerprint density at radius 2 is 2.38 bits per heavy atom. The van der Waals surface area contributed by atoms with Crippen LogP contribution in [0.3, 0.4) is 0 Å². The summed E-state index contributed by atoms with van der Waals surface area (Å²) < 4.78 is 2.10. The van der Waals surface area contributed by atoms with Gasteiger partial charge in [-0.1, -0.05) is 6.92 Å². The highest BCUT2D eigenvalue weighted by molar-refractivity contribution is 5.09. The Kier molecular flexibility index (Phi) is 4.02. The Labute approximate surface area is 98.4 Å². The zero-order valence-electron chi connectivity index (χ0n) is 10.4. The lowest BCUT2D eigenvalue weighted by Crippen LogP contribution is -2.37. The zero-order chi connectivity index (χ0) is 11.4. The van der Waals surface area contributed by atoms with Crippen molar-refractivity contribution in [2.75, 3.05) is 19.6 Å². The van der Waals surface area contributed by atoms with E-state index in [4.69, 9.17) is 0 Å². The third-order valence-corrected chi connectivity index (χ3v) is 3.51. The largest absolute Gasteiger partial charge is 0.357 e. The van der Waals surface area contributed by atoms with E-state index in [1.807, 2.05) is 0 Å². The van der Waals surface area contributed by atoms with Gasteiger partial charge in [-0.15, -0.1) is 0 Å². The van der Waals surface area contributed by atoms with Gasteiger partial charge in [0.25, 0.3) is 0 Å². The highest BCUT2D eigenvalue weighted by atomic mass is 15.2. The van der Waals surface area contributed by atoms with Crippen molar-refractivity contribution in [3.05, 3.63) is 24.0 Å². The van der Waals surface area contributed by atoms with E-state index in [-0.39, 0.29) is 0 Å². The Bertz CT molecular complexity index is 319. The maximum atomic E-state index is 3.57. The molecule has 1 aliphatic rings. The van der Waals surface area contributed by atoms with Gasteiger partial charge in [0.05, 0.1) is 0 Å². The normalized spacial score (nSPS) is 21.8. The molecule has 16 heavy (non-hydrogen) atoms. The Morgan fingerprint density at radius 3 is 3.06 bits per heavy atom. The number of rotatable bonds is 5. The Hall–Kier alpha value is -0.800. The Morgan fingerprint density at radius 1 is 1.50 bits per heavy atom. The van der Waals surface area contributed by atoms with Gasteiger partial charge in [0, 0.05) is 38.6 Å². The molecular weight excluding hydrogens is 198 g/mol. The molecule has 1 atom stereocenters. The van der Waals surface area contributed by atoms with Crippen LogP contribution in [0.1, 0.15) is 25.3 Å². The van der Waals surface area contributed by atoms with E-state index in [9.17, 15) is 0 Å². The third-order valence-electron chi connectivity index (χ3n) is 3.51. The maximum Gasteiger partial charge on any atom is 0.0221 e. The van der Waals surface area contributed by atoms with E-state index < -0.39 is 0 Å². The molecule has 1 saturated heterocycles. The van der Waals surface area contributed by atoms with E-state index in [1.54, 1.807) is 0 Å². The number of hydrogen-bond acceptors (Lipinski definition) is 2. The van der Waals surface area contributed by atoms with Crippen molar-refractivity contribution in [3.63, 3.8) is 0 Å². The number of nitrogens with one attached hydrogen (secondary N) is 1. The molecule has 0 aliphatic carbocycles. The SMILES string of the molecule is CCN1CCCC1CNCc1ccn(C)c1. The lowest BCUT2D eigenvalue weighted by Gasteiger charge is -2.22. The van der Waals surface area contributed by atoms with Crippen molar-refractivity contribution in [3.8, 4) is 0 Å². The van der Waals surface area contributed by atoms with E-state index in [0.717, 1.165) is 19.1 Å². The number of hydrogen-bond donors (Lipinski definition) is 1. The number of likely N-dealkylation sites (tertiary alicyclic amines) is 1. The molecule has 0 amide bonds. The monoisotopic (exact) mass is 221 g/mol. The predicted molar refractivity (Wildman–Crippen MR) is 67.4 cm³/mol. The molecule has 0 bridgehead atoms. The van der Waals surface area contributed by atoms with Crippen molar-refractivity contribution >= 4 is 0 Å². The van der Waals surface area contributed by atoms with E-state index in [2.05, 4.69) is 47.2 Å². The topological polar surface area (TPSA) is 20.2 Å². The second-order valence-electron chi connectivity index (χ2n) is 4.74. The highest BCUT2D eigenvalue weighted by Crippen LogP contribution is 2.15. The minimum Gasteiger partial charge on any atom is -0.357 e. The average molecular weight is 221 g/mol. The molecule has 0 spiro atoms. The molecule has 1 N–H and O–H groups in total. The van der Waals surface area contributed by atoms with Gasteiger partial charge in [0.15, 0.2) is 0 Å². The molecule has 0 radical (unpaired) electrons. The summed E-state index contributed by atoms with van der Waals surface area (Å²) in [6.07, 6.45) is 7.01. The van der Waals surface area contributed by atoms with Crippen LogP contribution in [-0.2, 0) is 13.6 Å². The van der Waals surface area contributed by atoms with Gasteiger partial charge >= 0.3 is 0 Å². The van der Waals surface area contributed by atoms with Gasteiger partial charge in [0.2, 0.25) is 0 Å². The molecule has 1 aliphatic heterocycles. The summed E-state index contributed by atoms with van der Waals surface area (Å²) in [5.41, 5.74) is 1.38. The maximum absolute atomic E-state index is 3.57. The van der Waals surface area contributed by atoms with Crippen LogP contribution in [0.5, 0.6) is 0 Å². The van der Waals surface area contributed by atoms with Crippen LogP contribution in [0.25, 0.3) is 0 Å². The molecule has 1 aromatic rings. The first kappa shape index (κ1) is 11.7. The van der Waals surface area contributed by atoms with Crippen LogP contribution in [-0.4, -0.2) is 35.1 Å². The molecule has 2 rings (SSSR count). The Balaban J connectivity index is 1.71. The number of aryl methyl sites for hydroxylation is 1. The highest BCUT2D eigenvalue weighted by Gasteiger charge is 2.21. The second kappa shape index (κ2) is 5.51. The first-order chi connectivity index (χ1) is 7.79. The minimum absolute atomic E-state index is 0.758. The van der Waals surface area contributed by atoms with Crippen LogP contribution in [0, 0.1) is 0 Å². The van der Waals surface area contributed by atoms with E-state index in [1.165, 1.54) is 31.5 Å². The van der Waals surface area contributed by atoms with Gasteiger partial charge in [-0.3, -0.25) is 4.90 Å². The molecule has 1 unspecified atom stereocenters. The van der Waals surface area contributed by atoms with E-state index in [0.29, 0.717) is 0 Å². The molecule has 3 nitrogen and oxygen atoms in total. The van der Waals surface area contributed by atoms with Crippen LogP contribution >= 0.6 is 0 Å². The molecule has 2 heterocycles. The first-order valence-electron chi connectivity index (χ1n) is 6.35. The molecule has 90 valence electrons. The van der Waals surface area contributed by atoms with Gasteiger partial charge in [-0.05, 0) is 37.6 Å². The summed E-state index contributed by atoms with van der Waals surface area (Å²) in [4.78, 5) is 2.58. The summed E-state index contributed by atoms with van der Waals surface area (Å²) in [6.45, 7) is 6.86. The standard InChI is InChI=1S/C13H23N3/c1-3-16-7-4-5-13(16)10-14-9-12-6-8-15(2)11-12/h6,8,11,13-14H,3-5,7,9-10H2,1-2H3. The third kappa shape index (κ3) is 2.86. The van der Waals surface area contributed by atoms with Gasteiger partial charge < -0.3 is 9.88 Å². The average Bonchev–Trinajstić information content (AvgIpc) is 2.87. The van der Waals surface area contributed by atoms with Crippen molar-refractivity contribution < 1.29 is 0 Å². The molecule has 0 saturated carbocycles. The summed E-state index contributed by atoms with van der Waals surface area (Å²) in [5.74, 6) is 0. The zero-order valence-corrected chi connectivity index (χ0v) is 10.4. The molecule has 1 fully saturated rings. The lowest BCUT2D eigenvalue weighted by molar-refractivity contribution is 0.260. The molecular formula is C13H23N3. The molecule has 0 aromatic carbocycles. The summed E-state index contributed by atoms with van der Waals surface area (Å²) in [5, 5.41) is 3.57. The first-order valence-corrected chi connectivity index (χ1v) is 6.35. The number of nitrogens with zero attached hydrogens (tertiary/aromatic N) is 2. The summed E-state index contributed by atoms with van der Waals surface area (Å²) in [7, 11) is 2.07. The predicted octanol–water partition coefficient (Wildman–Crippen LogP) is 1.60. The smallest absolute Gasteiger partial charge is 0.0221 e. The lowest BCUT2D eigenvalue weighted by atomic mass is 10.2. The van der Waals surface area contributed by atoms with Crippen LogP contribution in [0.2, 0.25) is 0 Å². The number of aromatic nitrogens is 1. The van der Waals surface area contributed by atoms with Gasteiger partial charge in [-0.2, -0.15) is 0 Å². The summed E-state index contributed by atoms with van der Waals surface area (Å²) >= 11 is 0. The fraction of sp³-hybridized carbons (Fsp3) is 0.692. The molecule has 3 heteroatoms. The van der Waals surface area contributed by atoms with Crippen LogP contribution in [0.15, 0.2) is 18.5 Å². The van der Waals surface area contributed by atoms with Crippen molar-refractivity contribution in [1.29, 1.82) is 0 Å². The summed E-state index contributed by atoms with van der Waals surface area (Å²) in [6, 6.07) is 2.94. The van der Waals surface area contributed by atoms with Crippen LogP contribution < -0.4 is 5.32 Å². The van der Waals surface area contributed by atoms with Crippen molar-refractivity contribution in [2.45, 2.75) is 32.4 Å². The van der Waals surface area contributed by atoms with Gasteiger partial charge in [-0.25, -0.2) is 0 Å². The second-order valence-corrected chi connectivity index (χ2v) is 4.74. The van der Waals surface area contributed by atoms with Gasteiger partial charge in [0.1, 0.15) is 0 Å². The van der Waals surface area contributed by atoms with E-state index >= 15 is 0 Å². The fourth-order valence-corrected chi connectivity index (χ4v) is 2.59. The van der Waals surface area contributed by atoms with Crippen molar-refractivity contribution in [2.24, 2.45) is 7.05 Å².